The van der Waals surface area contributed by atoms with Crippen LogP contribution in [0.15, 0.2) is 24.3 Å². The predicted octanol–water partition coefficient (Wildman–Crippen LogP) is 1.84. The van der Waals surface area contributed by atoms with Crippen molar-refractivity contribution in [2.45, 2.75) is 45.3 Å². The number of halogens is 1. The number of carbonyl (C=O) groups excluding carboxylic acids is 2. The van der Waals surface area contributed by atoms with Crippen molar-refractivity contribution in [3.63, 3.8) is 0 Å². The van der Waals surface area contributed by atoms with Gasteiger partial charge in [-0.25, -0.2) is 4.39 Å². The van der Waals surface area contributed by atoms with Crippen molar-refractivity contribution in [2.24, 2.45) is 0 Å². The number of hydrogen-bond donors (Lipinski definition) is 1. The van der Waals surface area contributed by atoms with Gasteiger partial charge in [0.05, 0.1) is 0 Å². The SMILES string of the molecule is CC(C)NC(=O)C1CCC(=O)N1Cc1ccc(F)cc1. The second kappa shape index (κ2) is 6.03. The number of benzene rings is 1. The Kier molecular flexibility index (Phi) is 4.37. The van der Waals surface area contributed by atoms with Crippen molar-refractivity contribution in [1.29, 1.82) is 0 Å². The number of carbonyl (C=O) groups is 2. The zero-order valence-corrected chi connectivity index (χ0v) is 11.7. The molecule has 1 fully saturated rings. The quantitative estimate of drug-likeness (QED) is 0.913. The first-order chi connectivity index (χ1) is 9.47. The molecule has 1 aromatic rings. The minimum atomic E-state index is -0.421. The molecule has 1 N–H and O–H groups in total. The molecule has 2 amide bonds. The zero-order chi connectivity index (χ0) is 14.7. The highest BCUT2D eigenvalue weighted by molar-refractivity contribution is 5.91. The summed E-state index contributed by atoms with van der Waals surface area (Å²) in [5, 5.41) is 2.84. The van der Waals surface area contributed by atoms with Gasteiger partial charge in [0.1, 0.15) is 11.9 Å². The van der Waals surface area contributed by atoms with E-state index in [1.54, 1.807) is 17.0 Å². The Bertz CT molecular complexity index is 499. The molecule has 108 valence electrons. The molecule has 1 unspecified atom stereocenters. The van der Waals surface area contributed by atoms with Crippen LogP contribution in [0.4, 0.5) is 4.39 Å². The molecule has 1 aliphatic rings. The minimum Gasteiger partial charge on any atom is -0.352 e. The summed E-state index contributed by atoms with van der Waals surface area (Å²) in [6.45, 7) is 4.12. The molecule has 2 rings (SSSR count). The van der Waals surface area contributed by atoms with Crippen molar-refractivity contribution in [1.82, 2.24) is 10.2 Å². The molecule has 0 bridgehead atoms. The highest BCUT2D eigenvalue weighted by atomic mass is 19.1. The van der Waals surface area contributed by atoms with E-state index in [2.05, 4.69) is 5.32 Å². The van der Waals surface area contributed by atoms with Crippen LogP contribution in [0.2, 0.25) is 0 Å². The van der Waals surface area contributed by atoms with Crippen LogP contribution in [0.3, 0.4) is 0 Å². The van der Waals surface area contributed by atoms with Crippen LogP contribution in [-0.4, -0.2) is 28.8 Å². The van der Waals surface area contributed by atoms with Gasteiger partial charge in [0.2, 0.25) is 11.8 Å². The van der Waals surface area contributed by atoms with Crippen LogP contribution in [0, 0.1) is 5.82 Å². The number of nitrogens with one attached hydrogen (secondary N) is 1. The number of hydrogen-bond acceptors (Lipinski definition) is 2. The van der Waals surface area contributed by atoms with Crippen LogP contribution < -0.4 is 5.32 Å². The monoisotopic (exact) mass is 278 g/mol. The van der Waals surface area contributed by atoms with E-state index in [9.17, 15) is 14.0 Å². The summed E-state index contributed by atoms with van der Waals surface area (Å²) in [4.78, 5) is 25.6. The summed E-state index contributed by atoms with van der Waals surface area (Å²) in [7, 11) is 0. The molecule has 1 aliphatic heterocycles. The Morgan fingerprint density at radius 2 is 2.05 bits per heavy atom. The van der Waals surface area contributed by atoms with Gasteiger partial charge in [0.25, 0.3) is 0 Å². The Balaban J connectivity index is 2.08. The van der Waals surface area contributed by atoms with Crippen molar-refractivity contribution < 1.29 is 14.0 Å². The number of likely N-dealkylation sites (tertiary alicyclic amines) is 1. The molecule has 0 aliphatic carbocycles. The summed E-state index contributed by atoms with van der Waals surface area (Å²) in [5.41, 5.74) is 0.823. The van der Waals surface area contributed by atoms with Gasteiger partial charge in [-0.1, -0.05) is 12.1 Å². The maximum atomic E-state index is 12.9. The second-order valence-corrected chi connectivity index (χ2v) is 5.37. The van der Waals surface area contributed by atoms with Crippen LogP contribution in [0.25, 0.3) is 0 Å². The van der Waals surface area contributed by atoms with Gasteiger partial charge in [-0.2, -0.15) is 0 Å². The Morgan fingerprint density at radius 3 is 2.65 bits per heavy atom. The fraction of sp³-hybridized carbons (Fsp3) is 0.467. The Hall–Kier alpha value is -1.91. The van der Waals surface area contributed by atoms with E-state index in [1.165, 1.54) is 12.1 Å². The summed E-state index contributed by atoms with van der Waals surface area (Å²) in [5.74, 6) is -0.457. The lowest BCUT2D eigenvalue weighted by Crippen LogP contribution is -2.46. The van der Waals surface area contributed by atoms with E-state index in [-0.39, 0.29) is 23.7 Å². The molecule has 5 heteroatoms. The van der Waals surface area contributed by atoms with Crippen LogP contribution >= 0.6 is 0 Å². The minimum absolute atomic E-state index is 0.0294. The second-order valence-electron chi connectivity index (χ2n) is 5.37. The van der Waals surface area contributed by atoms with E-state index >= 15 is 0 Å². The molecule has 0 spiro atoms. The zero-order valence-electron chi connectivity index (χ0n) is 11.7. The standard InChI is InChI=1S/C15H19FN2O2/c1-10(2)17-15(20)13-7-8-14(19)18(13)9-11-3-5-12(16)6-4-11/h3-6,10,13H,7-9H2,1-2H3,(H,17,20). The summed E-state index contributed by atoms with van der Waals surface area (Å²) in [6.07, 6.45) is 0.927. The van der Waals surface area contributed by atoms with Gasteiger partial charge in [-0.05, 0) is 38.0 Å². The highest BCUT2D eigenvalue weighted by Gasteiger charge is 2.35. The van der Waals surface area contributed by atoms with Crippen molar-refractivity contribution in [2.75, 3.05) is 0 Å². The van der Waals surface area contributed by atoms with E-state index in [4.69, 9.17) is 0 Å². The first-order valence-corrected chi connectivity index (χ1v) is 6.81. The first kappa shape index (κ1) is 14.5. The number of rotatable bonds is 4. The highest BCUT2D eigenvalue weighted by Crippen LogP contribution is 2.22. The van der Waals surface area contributed by atoms with Crippen LogP contribution in [0.5, 0.6) is 0 Å². The lowest BCUT2D eigenvalue weighted by molar-refractivity contribution is -0.136. The van der Waals surface area contributed by atoms with Gasteiger partial charge in [-0.3, -0.25) is 9.59 Å². The van der Waals surface area contributed by atoms with Gasteiger partial charge < -0.3 is 10.2 Å². The number of nitrogens with zero attached hydrogens (tertiary/aromatic N) is 1. The smallest absolute Gasteiger partial charge is 0.243 e. The molecular weight excluding hydrogens is 259 g/mol. The molecular formula is C15H19FN2O2. The molecule has 0 saturated carbocycles. The topological polar surface area (TPSA) is 49.4 Å². The predicted molar refractivity (Wildman–Crippen MR) is 73.3 cm³/mol. The largest absolute Gasteiger partial charge is 0.352 e. The average Bonchev–Trinajstić information content (AvgIpc) is 2.73. The third-order valence-electron chi connectivity index (χ3n) is 3.33. The summed E-state index contributed by atoms with van der Waals surface area (Å²) < 4.78 is 12.9. The molecule has 4 nitrogen and oxygen atoms in total. The van der Waals surface area contributed by atoms with Gasteiger partial charge in [0, 0.05) is 19.0 Å². The maximum absolute atomic E-state index is 12.9. The van der Waals surface area contributed by atoms with E-state index in [1.807, 2.05) is 13.8 Å². The average molecular weight is 278 g/mol. The molecule has 1 atom stereocenters. The van der Waals surface area contributed by atoms with Crippen molar-refractivity contribution in [3.05, 3.63) is 35.6 Å². The third-order valence-corrected chi connectivity index (χ3v) is 3.33. The Morgan fingerprint density at radius 1 is 1.40 bits per heavy atom. The Labute approximate surface area is 118 Å². The lowest BCUT2D eigenvalue weighted by atomic mass is 10.1. The lowest BCUT2D eigenvalue weighted by Gasteiger charge is -2.25. The van der Waals surface area contributed by atoms with Gasteiger partial charge >= 0.3 is 0 Å². The number of amides is 2. The third kappa shape index (κ3) is 3.35. The van der Waals surface area contributed by atoms with Crippen LogP contribution in [-0.2, 0) is 16.1 Å². The van der Waals surface area contributed by atoms with Gasteiger partial charge in [-0.15, -0.1) is 0 Å². The molecule has 0 radical (unpaired) electrons. The fourth-order valence-electron chi connectivity index (χ4n) is 2.37. The molecule has 1 aromatic carbocycles. The summed E-state index contributed by atoms with van der Waals surface area (Å²) >= 11 is 0. The van der Waals surface area contributed by atoms with Crippen molar-refractivity contribution >= 4 is 11.8 Å². The molecule has 1 heterocycles. The van der Waals surface area contributed by atoms with E-state index < -0.39 is 6.04 Å². The molecule has 1 saturated heterocycles. The molecule has 20 heavy (non-hydrogen) atoms. The normalized spacial score (nSPS) is 18.7. The first-order valence-electron chi connectivity index (χ1n) is 6.81. The van der Waals surface area contributed by atoms with E-state index in [0.29, 0.717) is 19.4 Å². The van der Waals surface area contributed by atoms with Gasteiger partial charge in [0.15, 0.2) is 0 Å². The van der Waals surface area contributed by atoms with Crippen molar-refractivity contribution in [3.8, 4) is 0 Å². The fourth-order valence-corrected chi connectivity index (χ4v) is 2.37. The van der Waals surface area contributed by atoms with E-state index in [0.717, 1.165) is 5.56 Å². The van der Waals surface area contributed by atoms with Crippen LogP contribution in [0.1, 0.15) is 32.3 Å². The summed E-state index contributed by atoms with van der Waals surface area (Å²) in [6, 6.07) is 5.62. The molecule has 0 aromatic heterocycles. The maximum Gasteiger partial charge on any atom is 0.243 e.